The summed E-state index contributed by atoms with van der Waals surface area (Å²) >= 11 is 6.09. The van der Waals surface area contributed by atoms with Gasteiger partial charge in [0.15, 0.2) is 5.65 Å². The summed E-state index contributed by atoms with van der Waals surface area (Å²) in [5, 5.41) is 9.04. The van der Waals surface area contributed by atoms with Gasteiger partial charge in [-0.25, -0.2) is 14.1 Å². The van der Waals surface area contributed by atoms with Crippen molar-refractivity contribution in [3.63, 3.8) is 0 Å². The van der Waals surface area contributed by atoms with Crippen LogP contribution in [0.2, 0.25) is 5.02 Å². The number of nitrogens with zero attached hydrogens (tertiary/aromatic N) is 4. The predicted molar refractivity (Wildman–Crippen MR) is 132 cm³/mol. The lowest BCUT2D eigenvalue weighted by molar-refractivity contribution is 0.414. The molecule has 0 aliphatic carbocycles. The molecule has 0 spiro atoms. The predicted octanol–water partition coefficient (Wildman–Crippen LogP) is 5.48. The molecule has 3 aromatic carbocycles. The first kappa shape index (κ1) is 21.7. The minimum absolute atomic E-state index is 0.302. The van der Waals surface area contributed by atoms with Crippen LogP contribution < -0.4 is 15.8 Å². The molecule has 0 saturated carbocycles. The molecule has 0 fully saturated rings. The van der Waals surface area contributed by atoms with Gasteiger partial charge in [0.1, 0.15) is 17.4 Å². The summed E-state index contributed by atoms with van der Waals surface area (Å²) in [4.78, 5) is 9.30. The Kier molecular flexibility index (Phi) is 5.73. The zero-order chi connectivity index (χ0) is 23.7. The first-order chi connectivity index (χ1) is 16.5. The Hall–Kier alpha value is -4.17. The van der Waals surface area contributed by atoms with E-state index in [1.54, 1.807) is 30.0 Å². The van der Waals surface area contributed by atoms with Crippen LogP contribution >= 0.6 is 11.6 Å². The van der Waals surface area contributed by atoms with Gasteiger partial charge in [0.2, 0.25) is 5.95 Å². The third-order valence-corrected chi connectivity index (χ3v) is 5.60. The number of nitrogens with two attached hydrogens (primary N) is 1. The van der Waals surface area contributed by atoms with Gasteiger partial charge in [0.05, 0.1) is 23.9 Å². The van der Waals surface area contributed by atoms with Gasteiger partial charge in [0, 0.05) is 17.1 Å². The lowest BCUT2D eigenvalue weighted by Gasteiger charge is -2.09. The van der Waals surface area contributed by atoms with Crippen LogP contribution in [0, 0.1) is 5.82 Å². The molecule has 0 radical (unpaired) electrons. The Morgan fingerprint density at radius 2 is 1.79 bits per heavy atom. The molecule has 2 heterocycles. The van der Waals surface area contributed by atoms with Crippen molar-refractivity contribution in [2.45, 2.75) is 6.54 Å². The zero-order valence-corrected chi connectivity index (χ0v) is 18.9. The average Bonchev–Trinajstić information content (AvgIpc) is 3.19. The van der Waals surface area contributed by atoms with E-state index in [1.807, 2.05) is 42.5 Å². The molecule has 0 aliphatic heterocycles. The second-order valence-corrected chi connectivity index (χ2v) is 8.02. The summed E-state index contributed by atoms with van der Waals surface area (Å²) in [6, 6.07) is 21.0. The van der Waals surface area contributed by atoms with Crippen molar-refractivity contribution in [2.24, 2.45) is 0 Å². The van der Waals surface area contributed by atoms with Crippen molar-refractivity contribution in [1.82, 2.24) is 19.7 Å². The van der Waals surface area contributed by atoms with Gasteiger partial charge in [-0.3, -0.25) is 0 Å². The number of halogens is 2. The fraction of sp³-hybridized carbons (Fsp3) is 0.0800. The van der Waals surface area contributed by atoms with Crippen LogP contribution in [0.3, 0.4) is 0 Å². The largest absolute Gasteiger partial charge is 0.497 e. The van der Waals surface area contributed by atoms with Crippen molar-refractivity contribution >= 4 is 34.4 Å². The molecule has 0 aliphatic rings. The molecule has 0 saturated heterocycles. The number of hydrogen-bond donors (Lipinski definition) is 2. The lowest BCUT2D eigenvalue weighted by atomic mass is 10.1. The van der Waals surface area contributed by atoms with E-state index in [0.717, 1.165) is 22.6 Å². The highest BCUT2D eigenvalue weighted by molar-refractivity contribution is 6.30. The van der Waals surface area contributed by atoms with Crippen molar-refractivity contribution in [3.05, 3.63) is 89.2 Å². The molecule has 3 N–H and O–H groups in total. The van der Waals surface area contributed by atoms with Crippen LogP contribution in [0.4, 0.5) is 16.2 Å². The fourth-order valence-corrected chi connectivity index (χ4v) is 3.78. The van der Waals surface area contributed by atoms with Crippen LogP contribution in [0.5, 0.6) is 5.75 Å². The molecular formula is C25H20ClFN6O. The summed E-state index contributed by atoms with van der Waals surface area (Å²) < 4.78 is 20.4. The number of methoxy groups -OCH3 is 1. The van der Waals surface area contributed by atoms with Gasteiger partial charge < -0.3 is 15.8 Å². The minimum atomic E-state index is -0.302. The molecule has 0 bridgehead atoms. The third kappa shape index (κ3) is 4.23. The highest BCUT2D eigenvalue weighted by Crippen LogP contribution is 2.33. The minimum Gasteiger partial charge on any atom is -0.497 e. The van der Waals surface area contributed by atoms with Gasteiger partial charge in [-0.1, -0.05) is 35.9 Å². The number of aromatic nitrogens is 4. The quantitative estimate of drug-likeness (QED) is 0.339. The van der Waals surface area contributed by atoms with E-state index in [1.165, 1.54) is 12.1 Å². The van der Waals surface area contributed by atoms with E-state index in [-0.39, 0.29) is 5.82 Å². The summed E-state index contributed by atoms with van der Waals surface area (Å²) in [7, 11) is 1.61. The third-order valence-electron chi connectivity index (χ3n) is 5.34. The molecule has 2 aromatic heterocycles. The Labute approximate surface area is 200 Å². The molecule has 7 nitrogen and oxygen atoms in total. The van der Waals surface area contributed by atoms with E-state index in [9.17, 15) is 4.39 Å². The van der Waals surface area contributed by atoms with E-state index in [2.05, 4.69) is 15.4 Å². The Morgan fingerprint density at radius 3 is 2.50 bits per heavy atom. The fourth-order valence-electron chi connectivity index (χ4n) is 3.66. The number of ether oxygens (including phenoxy) is 1. The molecular weight excluding hydrogens is 455 g/mol. The molecule has 9 heteroatoms. The highest BCUT2D eigenvalue weighted by atomic mass is 35.5. The lowest BCUT2D eigenvalue weighted by Crippen LogP contribution is -2.05. The first-order valence-corrected chi connectivity index (χ1v) is 10.8. The van der Waals surface area contributed by atoms with Crippen LogP contribution in [-0.4, -0.2) is 26.9 Å². The number of rotatable bonds is 6. The van der Waals surface area contributed by atoms with Gasteiger partial charge in [-0.15, -0.1) is 5.10 Å². The number of anilines is 2. The van der Waals surface area contributed by atoms with E-state index < -0.39 is 0 Å². The van der Waals surface area contributed by atoms with Crippen LogP contribution in [0.1, 0.15) is 5.56 Å². The van der Waals surface area contributed by atoms with Crippen LogP contribution in [-0.2, 0) is 6.54 Å². The smallest absolute Gasteiger partial charge is 0.225 e. The van der Waals surface area contributed by atoms with E-state index in [4.69, 9.17) is 27.1 Å². The average molecular weight is 475 g/mol. The van der Waals surface area contributed by atoms with Gasteiger partial charge in [-0.05, 0) is 54.1 Å². The summed E-state index contributed by atoms with van der Waals surface area (Å²) in [5.74, 6) is 1.18. The zero-order valence-electron chi connectivity index (χ0n) is 18.2. The number of benzene rings is 3. The number of fused-ring (bicyclic) bond motifs is 1. The summed E-state index contributed by atoms with van der Waals surface area (Å²) in [5.41, 5.74) is 9.91. The van der Waals surface area contributed by atoms with Gasteiger partial charge in [0.25, 0.3) is 0 Å². The van der Waals surface area contributed by atoms with Crippen LogP contribution in [0.15, 0.2) is 72.8 Å². The topological polar surface area (TPSA) is 90.9 Å². The van der Waals surface area contributed by atoms with Gasteiger partial charge >= 0.3 is 0 Å². The molecule has 5 rings (SSSR count). The maximum atomic E-state index is 13.6. The summed E-state index contributed by atoms with van der Waals surface area (Å²) in [6.45, 7) is 0.345. The van der Waals surface area contributed by atoms with Crippen LogP contribution in [0.25, 0.3) is 28.0 Å². The molecule has 0 unspecified atom stereocenters. The SMILES string of the molecule is COc1ccc(-n2nc3nc(NCc4cccc(F)c4)nc(-c4ccc(Cl)cc4)c3c2N)cc1. The van der Waals surface area contributed by atoms with E-state index >= 15 is 0 Å². The maximum Gasteiger partial charge on any atom is 0.225 e. The van der Waals surface area contributed by atoms with Gasteiger partial charge in [-0.2, -0.15) is 4.98 Å². The molecule has 0 atom stereocenters. The Morgan fingerprint density at radius 1 is 1.03 bits per heavy atom. The van der Waals surface area contributed by atoms with Crippen molar-refractivity contribution in [3.8, 4) is 22.7 Å². The van der Waals surface area contributed by atoms with Crippen molar-refractivity contribution in [2.75, 3.05) is 18.2 Å². The Bertz CT molecular complexity index is 1470. The summed E-state index contributed by atoms with van der Waals surface area (Å²) in [6.07, 6.45) is 0. The first-order valence-electron chi connectivity index (χ1n) is 10.5. The second-order valence-electron chi connectivity index (χ2n) is 7.58. The number of nitrogen functional groups attached to an aromatic ring is 1. The van der Waals surface area contributed by atoms with Crippen molar-refractivity contribution in [1.29, 1.82) is 0 Å². The molecule has 0 amide bonds. The normalized spacial score (nSPS) is 11.0. The standard InChI is InChI=1S/C25H20ClFN6O/c1-34-20-11-9-19(10-12-20)33-23(28)21-22(16-5-7-17(26)8-6-16)30-25(31-24(21)32-33)29-14-15-3-2-4-18(27)13-15/h2-13H,14,28H2,1H3,(H,29,31,32). The number of hydrogen-bond acceptors (Lipinski definition) is 6. The molecule has 5 aromatic rings. The number of nitrogens with one attached hydrogen (secondary N) is 1. The highest BCUT2D eigenvalue weighted by Gasteiger charge is 2.19. The van der Waals surface area contributed by atoms with Crippen molar-refractivity contribution < 1.29 is 9.13 Å². The maximum absolute atomic E-state index is 13.6. The Balaban J connectivity index is 1.61. The molecule has 34 heavy (non-hydrogen) atoms. The monoisotopic (exact) mass is 474 g/mol. The second kappa shape index (κ2) is 8.99. The molecule has 170 valence electrons. The van der Waals surface area contributed by atoms with E-state index in [0.29, 0.717) is 40.1 Å².